The molecule has 2 aromatic heterocycles. The maximum Gasteiger partial charge on any atom is 0.164 e. The lowest BCUT2D eigenvalue weighted by molar-refractivity contribution is 0.669. The van der Waals surface area contributed by atoms with Crippen LogP contribution in [0.25, 0.3) is 89.5 Å². The van der Waals surface area contributed by atoms with E-state index >= 15 is 0 Å². The third kappa shape index (κ3) is 5.56. The van der Waals surface area contributed by atoms with Crippen molar-refractivity contribution in [1.82, 2.24) is 15.0 Å². The van der Waals surface area contributed by atoms with Crippen LogP contribution >= 0.6 is 0 Å². The number of aromatic nitrogens is 3. The molecule has 49 heavy (non-hydrogen) atoms. The minimum Gasteiger partial charge on any atom is -0.456 e. The molecule has 0 bridgehead atoms. The quantitative estimate of drug-likeness (QED) is 0.184. The molecule has 0 spiro atoms. The SMILES string of the molecule is c1ccc(-c2cccc(-c3ccc(-c4ccc5oc6ccc(-c7nc(-c8ccccc8)nc(-c8ccccc8)n7)cc6c5c4)cc3)c2)cc1. The van der Waals surface area contributed by atoms with Crippen molar-refractivity contribution in [2.45, 2.75) is 0 Å². The van der Waals surface area contributed by atoms with Gasteiger partial charge in [0.1, 0.15) is 11.2 Å². The van der Waals surface area contributed by atoms with Gasteiger partial charge < -0.3 is 4.42 Å². The lowest BCUT2D eigenvalue weighted by Gasteiger charge is -2.08. The zero-order chi connectivity index (χ0) is 32.6. The largest absolute Gasteiger partial charge is 0.456 e. The van der Waals surface area contributed by atoms with Crippen molar-refractivity contribution in [3.63, 3.8) is 0 Å². The lowest BCUT2D eigenvalue weighted by atomic mass is 9.96. The molecule has 0 aliphatic heterocycles. The van der Waals surface area contributed by atoms with Crippen molar-refractivity contribution in [1.29, 1.82) is 0 Å². The Bertz CT molecular complexity index is 2520. The third-order valence-corrected chi connectivity index (χ3v) is 8.95. The summed E-state index contributed by atoms with van der Waals surface area (Å²) in [5, 5.41) is 2.07. The molecule has 230 valence electrons. The highest BCUT2D eigenvalue weighted by atomic mass is 16.3. The standard InChI is InChI=1S/C45H29N3O/c1-4-11-30(12-5-1)35-17-10-18-36(27-35)31-19-21-32(22-20-31)37-23-25-41-39(28-37)40-29-38(24-26-42(40)49-41)45-47-43(33-13-6-2-7-14-33)46-44(48-45)34-15-8-3-9-16-34/h1-29H. The fraction of sp³-hybridized carbons (Fsp3) is 0. The molecule has 9 rings (SSSR count). The van der Waals surface area contributed by atoms with E-state index in [1.807, 2.05) is 78.9 Å². The maximum atomic E-state index is 6.29. The smallest absolute Gasteiger partial charge is 0.164 e. The van der Waals surface area contributed by atoms with Crippen molar-refractivity contribution in [2.24, 2.45) is 0 Å². The van der Waals surface area contributed by atoms with Gasteiger partial charge >= 0.3 is 0 Å². The summed E-state index contributed by atoms with van der Waals surface area (Å²) < 4.78 is 6.29. The molecular formula is C45H29N3O. The zero-order valence-electron chi connectivity index (χ0n) is 26.5. The average Bonchev–Trinajstić information content (AvgIpc) is 3.56. The maximum absolute atomic E-state index is 6.29. The number of nitrogens with zero attached hydrogens (tertiary/aromatic N) is 3. The van der Waals surface area contributed by atoms with Crippen LogP contribution in [0.5, 0.6) is 0 Å². The van der Waals surface area contributed by atoms with Gasteiger partial charge in [0.25, 0.3) is 0 Å². The Hall–Kier alpha value is -6.65. The van der Waals surface area contributed by atoms with E-state index in [0.717, 1.165) is 49.8 Å². The monoisotopic (exact) mass is 627 g/mol. The van der Waals surface area contributed by atoms with E-state index in [1.54, 1.807) is 0 Å². The Labute approximate surface area is 284 Å². The molecule has 0 aliphatic carbocycles. The number of fused-ring (bicyclic) bond motifs is 3. The molecule has 4 heteroatoms. The lowest BCUT2D eigenvalue weighted by Crippen LogP contribution is -2.00. The van der Waals surface area contributed by atoms with E-state index in [1.165, 1.54) is 22.3 Å². The molecule has 0 fully saturated rings. The first-order valence-electron chi connectivity index (χ1n) is 16.4. The van der Waals surface area contributed by atoms with Gasteiger partial charge in [-0.3, -0.25) is 0 Å². The Kier molecular flexibility index (Phi) is 7.10. The normalized spacial score (nSPS) is 11.3. The second kappa shape index (κ2) is 12.2. The first-order valence-corrected chi connectivity index (χ1v) is 16.4. The minimum absolute atomic E-state index is 0.618. The summed E-state index contributed by atoms with van der Waals surface area (Å²) in [6.07, 6.45) is 0. The summed E-state index contributed by atoms with van der Waals surface area (Å²) in [5.41, 5.74) is 11.5. The summed E-state index contributed by atoms with van der Waals surface area (Å²) in [4.78, 5) is 14.7. The van der Waals surface area contributed by atoms with Crippen LogP contribution in [0.15, 0.2) is 180 Å². The van der Waals surface area contributed by atoms with E-state index in [4.69, 9.17) is 19.4 Å². The second-order valence-electron chi connectivity index (χ2n) is 12.1. The molecule has 0 saturated carbocycles. The van der Waals surface area contributed by atoms with E-state index in [9.17, 15) is 0 Å². The van der Waals surface area contributed by atoms with Gasteiger partial charge in [0.15, 0.2) is 17.5 Å². The molecule has 0 saturated heterocycles. The van der Waals surface area contributed by atoms with Crippen molar-refractivity contribution in [2.75, 3.05) is 0 Å². The Balaban J connectivity index is 1.09. The van der Waals surface area contributed by atoms with Gasteiger partial charge in [-0.25, -0.2) is 15.0 Å². The number of hydrogen-bond donors (Lipinski definition) is 0. The van der Waals surface area contributed by atoms with E-state index in [-0.39, 0.29) is 0 Å². The van der Waals surface area contributed by atoms with Gasteiger partial charge in [-0.05, 0) is 69.8 Å². The van der Waals surface area contributed by atoms with Crippen molar-refractivity contribution >= 4 is 21.9 Å². The van der Waals surface area contributed by atoms with Gasteiger partial charge in [0, 0.05) is 27.5 Å². The van der Waals surface area contributed by atoms with Gasteiger partial charge in [0.05, 0.1) is 0 Å². The van der Waals surface area contributed by atoms with E-state index in [0.29, 0.717) is 17.5 Å². The van der Waals surface area contributed by atoms with Gasteiger partial charge in [-0.2, -0.15) is 0 Å². The predicted molar refractivity (Wildman–Crippen MR) is 200 cm³/mol. The van der Waals surface area contributed by atoms with Crippen molar-refractivity contribution in [3.05, 3.63) is 176 Å². The first kappa shape index (κ1) is 28.6. The van der Waals surface area contributed by atoms with Crippen LogP contribution in [0, 0.1) is 0 Å². The zero-order valence-corrected chi connectivity index (χ0v) is 26.5. The Morgan fingerprint density at radius 3 is 1.12 bits per heavy atom. The summed E-state index contributed by atoms with van der Waals surface area (Å²) in [5.74, 6) is 1.89. The van der Waals surface area contributed by atoms with E-state index < -0.39 is 0 Å². The van der Waals surface area contributed by atoms with Gasteiger partial charge in [-0.15, -0.1) is 0 Å². The highest BCUT2D eigenvalue weighted by Crippen LogP contribution is 2.36. The molecular weight excluding hydrogens is 599 g/mol. The van der Waals surface area contributed by atoms with Crippen molar-refractivity contribution < 1.29 is 4.42 Å². The van der Waals surface area contributed by atoms with Gasteiger partial charge in [-0.1, -0.05) is 140 Å². The van der Waals surface area contributed by atoms with E-state index in [2.05, 4.69) is 97.1 Å². The molecule has 2 heterocycles. The number of benzene rings is 7. The highest BCUT2D eigenvalue weighted by molar-refractivity contribution is 6.07. The van der Waals surface area contributed by atoms with Crippen LogP contribution in [0.4, 0.5) is 0 Å². The molecule has 0 unspecified atom stereocenters. The average molecular weight is 628 g/mol. The molecule has 0 amide bonds. The van der Waals surface area contributed by atoms with Crippen molar-refractivity contribution in [3.8, 4) is 67.5 Å². The Morgan fingerprint density at radius 1 is 0.265 bits per heavy atom. The summed E-state index contributed by atoms with van der Waals surface area (Å²) >= 11 is 0. The van der Waals surface area contributed by atoms with Crippen LogP contribution in [0.2, 0.25) is 0 Å². The molecule has 7 aromatic carbocycles. The third-order valence-electron chi connectivity index (χ3n) is 8.95. The fourth-order valence-corrected chi connectivity index (χ4v) is 6.40. The first-order chi connectivity index (χ1) is 24.2. The highest BCUT2D eigenvalue weighted by Gasteiger charge is 2.15. The summed E-state index contributed by atoms with van der Waals surface area (Å²) in [7, 11) is 0. The van der Waals surface area contributed by atoms with Crippen LogP contribution in [0.3, 0.4) is 0 Å². The predicted octanol–water partition coefficient (Wildman–Crippen LogP) is 11.8. The summed E-state index contributed by atoms with van der Waals surface area (Å²) in [6, 6.07) is 60.6. The Morgan fingerprint density at radius 2 is 0.612 bits per heavy atom. The van der Waals surface area contributed by atoms with Crippen LogP contribution in [-0.4, -0.2) is 15.0 Å². The molecule has 0 atom stereocenters. The van der Waals surface area contributed by atoms with Crippen LogP contribution < -0.4 is 0 Å². The molecule has 0 aliphatic rings. The number of hydrogen-bond acceptors (Lipinski definition) is 4. The fourth-order valence-electron chi connectivity index (χ4n) is 6.40. The molecule has 4 nitrogen and oxygen atoms in total. The number of rotatable bonds is 6. The van der Waals surface area contributed by atoms with Gasteiger partial charge in [0.2, 0.25) is 0 Å². The van der Waals surface area contributed by atoms with Crippen LogP contribution in [-0.2, 0) is 0 Å². The van der Waals surface area contributed by atoms with Crippen LogP contribution in [0.1, 0.15) is 0 Å². The second-order valence-corrected chi connectivity index (χ2v) is 12.1. The minimum atomic E-state index is 0.618. The number of furan rings is 1. The topological polar surface area (TPSA) is 51.8 Å². The molecule has 0 N–H and O–H groups in total. The summed E-state index contributed by atoms with van der Waals surface area (Å²) in [6.45, 7) is 0. The molecule has 9 aromatic rings. The molecule has 0 radical (unpaired) electrons.